The highest BCUT2D eigenvalue weighted by Crippen LogP contribution is 2.33. The minimum absolute atomic E-state index is 0.134. The van der Waals surface area contributed by atoms with Gasteiger partial charge in [-0.1, -0.05) is 48.5 Å². The summed E-state index contributed by atoms with van der Waals surface area (Å²) in [6, 6.07) is 16.4. The zero-order chi connectivity index (χ0) is 30.5. The molecule has 0 aliphatic carbocycles. The predicted molar refractivity (Wildman–Crippen MR) is 168 cm³/mol. The maximum atomic E-state index is 13.5. The van der Waals surface area contributed by atoms with Crippen LogP contribution in [0.5, 0.6) is 0 Å². The second kappa shape index (κ2) is 13.5. The molecule has 2 aromatic carbocycles. The van der Waals surface area contributed by atoms with E-state index in [9.17, 15) is 4.79 Å². The smallest absolute Gasteiger partial charge is 0.250 e. The van der Waals surface area contributed by atoms with Gasteiger partial charge in [-0.2, -0.15) is 4.89 Å². The summed E-state index contributed by atoms with van der Waals surface area (Å²) in [5, 5.41) is 3.49. The van der Waals surface area contributed by atoms with Crippen LogP contribution in [0.25, 0.3) is 33.6 Å². The Morgan fingerprint density at radius 1 is 0.909 bits per heavy atom. The SMILES string of the molecule is COO/C=N/[C@H](C(=O)N1CCC[C@H]1c1ncc(-c2ccc(-c3ccc(-c4cnc([C@@H]5CCCN5)[nH]4)cc3)cc2)[nH]1)[C@@H](C)OC. The highest BCUT2D eigenvalue weighted by Gasteiger charge is 2.37. The van der Waals surface area contributed by atoms with Crippen molar-refractivity contribution < 1.29 is 19.3 Å². The first-order valence-corrected chi connectivity index (χ1v) is 15.1. The molecule has 3 N–H and O–H groups in total. The number of aromatic nitrogens is 4. The number of nitrogens with one attached hydrogen (secondary N) is 3. The summed E-state index contributed by atoms with van der Waals surface area (Å²) in [4.78, 5) is 45.2. The van der Waals surface area contributed by atoms with Crippen molar-refractivity contribution in [2.75, 3.05) is 27.3 Å². The van der Waals surface area contributed by atoms with Crippen molar-refractivity contribution in [1.29, 1.82) is 0 Å². The summed E-state index contributed by atoms with van der Waals surface area (Å²) in [5.74, 6) is 1.64. The van der Waals surface area contributed by atoms with E-state index in [1.165, 1.54) is 13.5 Å². The number of rotatable bonds is 11. The summed E-state index contributed by atoms with van der Waals surface area (Å²) in [5.41, 5.74) is 6.35. The standard InChI is InChI=1S/C33H39N7O4/c1-21(42-2)30(37-20-44-43-3)33(41)40-17-5-7-29(40)32-36-19-28(39-32)25-14-10-23(11-15-25)22-8-12-24(13-9-22)27-18-35-31(38-27)26-6-4-16-34-26/h8-15,18-21,26,29-30,34H,4-7,16-17H2,1-3H3,(H,35,38)(H,36,39)/b37-20+/t21-,26+,29+,30+/m1/s1. The fraction of sp³-hybridized carbons (Fsp3) is 0.394. The van der Waals surface area contributed by atoms with Crippen LogP contribution in [0.15, 0.2) is 65.9 Å². The molecule has 0 saturated carbocycles. The van der Waals surface area contributed by atoms with E-state index >= 15 is 0 Å². The molecule has 44 heavy (non-hydrogen) atoms. The number of likely N-dealkylation sites (tertiary alicyclic amines) is 1. The number of methoxy groups -OCH3 is 1. The minimum atomic E-state index is -0.752. The van der Waals surface area contributed by atoms with Crippen LogP contribution in [0.2, 0.25) is 0 Å². The lowest BCUT2D eigenvalue weighted by atomic mass is 10.0. The third-order valence-electron chi connectivity index (χ3n) is 8.59. The zero-order valence-corrected chi connectivity index (χ0v) is 25.3. The lowest BCUT2D eigenvalue weighted by molar-refractivity contribution is -0.188. The van der Waals surface area contributed by atoms with Gasteiger partial charge in [0.1, 0.15) is 11.6 Å². The number of imidazole rings is 2. The molecule has 1 amide bonds. The molecular formula is C33H39N7O4. The Morgan fingerprint density at radius 2 is 1.52 bits per heavy atom. The van der Waals surface area contributed by atoms with Crippen molar-refractivity contribution in [3.8, 4) is 33.6 Å². The fourth-order valence-corrected chi connectivity index (χ4v) is 6.05. The molecule has 6 rings (SSSR count). The molecule has 0 spiro atoms. The lowest BCUT2D eigenvalue weighted by Gasteiger charge is -2.28. The van der Waals surface area contributed by atoms with Gasteiger partial charge in [-0.3, -0.25) is 4.79 Å². The quantitative estimate of drug-likeness (QED) is 0.0934. The summed E-state index contributed by atoms with van der Waals surface area (Å²) in [6.07, 6.45) is 8.46. The number of carbonyl (C=O) groups is 1. The van der Waals surface area contributed by atoms with Gasteiger partial charge in [-0.15, -0.1) is 0 Å². The van der Waals surface area contributed by atoms with Crippen molar-refractivity contribution in [2.24, 2.45) is 4.99 Å². The van der Waals surface area contributed by atoms with E-state index < -0.39 is 12.1 Å². The molecule has 2 saturated heterocycles. The van der Waals surface area contributed by atoms with Gasteiger partial charge in [0.15, 0.2) is 6.04 Å². The molecule has 0 bridgehead atoms. The van der Waals surface area contributed by atoms with Crippen LogP contribution in [0.3, 0.4) is 0 Å². The van der Waals surface area contributed by atoms with Gasteiger partial charge in [-0.25, -0.2) is 15.0 Å². The van der Waals surface area contributed by atoms with E-state index in [1.54, 1.807) is 7.11 Å². The van der Waals surface area contributed by atoms with Crippen LogP contribution in [-0.2, 0) is 19.3 Å². The maximum absolute atomic E-state index is 13.5. The minimum Gasteiger partial charge on any atom is -0.379 e. The zero-order valence-electron chi connectivity index (χ0n) is 25.3. The molecule has 0 unspecified atom stereocenters. The van der Waals surface area contributed by atoms with Crippen molar-refractivity contribution in [3.63, 3.8) is 0 Å². The van der Waals surface area contributed by atoms with E-state index in [-0.39, 0.29) is 11.9 Å². The van der Waals surface area contributed by atoms with Gasteiger partial charge in [0.25, 0.3) is 5.91 Å². The normalized spacial score (nSPS) is 19.9. The Balaban J connectivity index is 1.13. The average Bonchev–Trinajstić information content (AvgIpc) is 3.89. The maximum Gasteiger partial charge on any atom is 0.250 e. The molecule has 11 heteroatoms. The Hall–Kier alpha value is -4.32. The predicted octanol–water partition coefficient (Wildman–Crippen LogP) is 5.23. The summed E-state index contributed by atoms with van der Waals surface area (Å²) >= 11 is 0. The number of carbonyl (C=O) groups excluding carboxylic acids is 1. The summed E-state index contributed by atoms with van der Waals surface area (Å²) < 4.78 is 5.43. The van der Waals surface area contributed by atoms with Crippen LogP contribution >= 0.6 is 0 Å². The summed E-state index contributed by atoms with van der Waals surface area (Å²) in [6.45, 7) is 3.48. The van der Waals surface area contributed by atoms with Gasteiger partial charge >= 0.3 is 0 Å². The van der Waals surface area contributed by atoms with Crippen LogP contribution in [0, 0.1) is 0 Å². The van der Waals surface area contributed by atoms with Crippen LogP contribution in [-0.4, -0.2) is 76.6 Å². The summed E-state index contributed by atoms with van der Waals surface area (Å²) in [7, 11) is 2.94. The van der Waals surface area contributed by atoms with Crippen LogP contribution < -0.4 is 5.32 Å². The van der Waals surface area contributed by atoms with Crippen LogP contribution in [0.4, 0.5) is 0 Å². The molecule has 4 atom stereocenters. The molecule has 11 nitrogen and oxygen atoms in total. The Kier molecular flexibility index (Phi) is 9.15. The second-order valence-electron chi connectivity index (χ2n) is 11.3. The molecule has 2 aliphatic heterocycles. The third-order valence-corrected chi connectivity index (χ3v) is 8.59. The molecule has 0 radical (unpaired) electrons. The number of amides is 1. The van der Waals surface area contributed by atoms with Crippen molar-refractivity contribution in [2.45, 2.75) is 56.8 Å². The number of hydrogen-bond acceptors (Lipinski definition) is 8. The van der Waals surface area contributed by atoms with Gasteiger partial charge in [0, 0.05) is 13.7 Å². The number of ether oxygens (including phenoxy) is 1. The number of hydrogen-bond donors (Lipinski definition) is 3. The lowest BCUT2D eigenvalue weighted by Crippen LogP contribution is -2.43. The Labute approximate surface area is 257 Å². The monoisotopic (exact) mass is 597 g/mol. The number of aromatic amines is 2. The van der Waals surface area contributed by atoms with E-state index in [0.29, 0.717) is 12.6 Å². The van der Waals surface area contributed by atoms with Gasteiger partial charge in [0.05, 0.1) is 49.1 Å². The molecule has 4 aromatic rings. The van der Waals surface area contributed by atoms with E-state index in [2.05, 4.69) is 83.7 Å². The first-order chi connectivity index (χ1) is 21.6. The second-order valence-corrected chi connectivity index (χ2v) is 11.3. The third kappa shape index (κ3) is 6.30. The molecule has 230 valence electrons. The first-order valence-electron chi connectivity index (χ1n) is 15.1. The largest absolute Gasteiger partial charge is 0.379 e. The van der Waals surface area contributed by atoms with E-state index in [4.69, 9.17) is 9.62 Å². The number of benzene rings is 2. The molecule has 2 aliphatic rings. The number of H-pyrrole nitrogens is 2. The van der Waals surface area contributed by atoms with Crippen molar-refractivity contribution in [1.82, 2.24) is 30.2 Å². The average molecular weight is 598 g/mol. The highest BCUT2D eigenvalue weighted by atomic mass is 17.2. The van der Waals surface area contributed by atoms with Gasteiger partial charge in [-0.05, 0) is 61.4 Å². The van der Waals surface area contributed by atoms with Crippen molar-refractivity contribution in [3.05, 3.63) is 72.6 Å². The van der Waals surface area contributed by atoms with Gasteiger partial charge < -0.3 is 29.8 Å². The van der Waals surface area contributed by atoms with E-state index in [1.807, 2.05) is 24.2 Å². The van der Waals surface area contributed by atoms with E-state index in [0.717, 1.165) is 77.5 Å². The number of nitrogens with zero attached hydrogens (tertiary/aromatic N) is 4. The Morgan fingerprint density at radius 3 is 2.11 bits per heavy atom. The van der Waals surface area contributed by atoms with Crippen LogP contribution in [0.1, 0.15) is 56.3 Å². The first kappa shape index (κ1) is 29.7. The molecule has 2 fully saturated rings. The topological polar surface area (TPSA) is 130 Å². The molecule has 2 aromatic heterocycles. The Bertz CT molecular complexity index is 1560. The molecular weight excluding hydrogens is 558 g/mol. The fourth-order valence-electron chi connectivity index (χ4n) is 6.05. The number of aliphatic imine (C=N–C) groups is 1. The van der Waals surface area contributed by atoms with Crippen molar-refractivity contribution >= 4 is 12.3 Å². The molecule has 4 heterocycles. The van der Waals surface area contributed by atoms with Gasteiger partial charge in [0.2, 0.25) is 6.40 Å². The highest BCUT2D eigenvalue weighted by molar-refractivity contribution is 5.84.